The first-order valence-corrected chi connectivity index (χ1v) is 7.02. The van der Waals surface area contributed by atoms with Crippen molar-refractivity contribution < 1.29 is 0 Å². The Hall–Kier alpha value is -1.75. The van der Waals surface area contributed by atoms with E-state index in [1.54, 1.807) is 11.3 Å². The number of pyridine rings is 1. The summed E-state index contributed by atoms with van der Waals surface area (Å²) >= 11 is 1.70. The molecule has 3 rings (SSSR count). The molecule has 0 radical (unpaired) electrons. The van der Waals surface area contributed by atoms with Crippen molar-refractivity contribution in [2.24, 2.45) is 5.84 Å². The molecule has 1 atom stereocenters. The van der Waals surface area contributed by atoms with Crippen LogP contribution in [-0.2, 0) is 0 Å². The predicted molar refractivity (Wildman–Crippen MR) is 80.0 cm³/mol. The zero-order valence-corrected chi connectivity index (χ0v) is 11.4. The Bertz CT molecular complexity index is 705. The van der Waals surface area contributed by atoms with Gasteiger partial charge in [0.05, 0.1) is 16.3 Å². The Morgan fingerprint density at radius 2 is 2.11 bits per heavy atom. The van der Waals surface area contributed by atoms with Crippen molar-refractivity contribution >= 4 is 21.6 Å². The molecule has 1 unspecified atom stereocenters. The van der Waals surface area contributed by atoms with Crippen LogP contribution in [-0.4, -0.2) is 4.98 Å². The summed E-state index contributed by atoms with van der Waals surface area (Å²) in [7, 11) is 0. The zero-order chi connectivity index (χ0) is 13.2. The summed E-state index contributed by atoms with van der Waals surface area (Å²) in [5.41, 5.74) is 7.38. The highest BCUT2D eigenvalue weighted by atomic mass is 32.1. The molecule has 0 fully saturated rings. The van der Waals surface area contributed by atoms with Gasteiger partial charge in [-0.15, -0.1) is 11.3 Å². The molecule has 2 heterocycles. The maximum Gasteiger partial charge on any atom is 0.0809 e. The predicted octanol–water partition coefficient (Wildman–Crippen LogP) is 3.16. The monoisotopic (exact) mass is 269 g/mol. The van der Waals surface area contributed by atoms with Gasteiger partial charge in [0, 0.05) is 6.20 Å². The van der Waals surface area contributed by atoms with Crippen LogP contribution in [0.5, 0.6) is 0 Å². The lowest BCUT2D eigenvalue weighted by molar-refractivity contribution is 0.635. The van der Waals surface area contributed by atoms with Crippen LogP contribution in [0.1, 0.15) is 22.7 Å². The zero-order valence-electron chi connectivity index (χ0n) is 10.6. The number of nitrogens with one attached hydrogen (secondary N) is 1. The number of thiophene rings is 1. The van der Waals surface area contributed by atoms with Crippen molar-refractivity contribution in [3.05, 3.63) is 64.7 Å². The first kappa shape index (κ1) is 12.3. The van der Waals surface area contributed by atoms with Crippen LogP contribution >= 0.6 is 11.3 Å². The highest BCUT2D eigenvalue weighted by Crippen LogP contribution is 2.26. The summed E-state index contributed by atoms with van der Waals surface area (Å²) in [5.74, 6) is 5.73. The minimum Gasteiger partial charge on any atom is -0.271 e. The lowest BCUT2D eigenvalue weighted by Crippen LogP contribution is -2.28. The van der Waals surface area contributed by atoms with Gasteiger partial charge < -0.3 is 0 Å². The second kappa shape index (κ2) is 5.09. The van der Waals surface area contributed by atoms with Crippen molar-refractivity contribution in [1.29, 1.82) is 0 Å². The first-order chi connectivity index (χ1) is 9.28. The van der Waals surface area contributed by atoms with Crippen LogP contribution in [0.2, 0.25) is 0 Å². The summed E-state index contributed by atoms with van der Waals surface area (Å²) < 4.78 is 1.19. The van der Waals surface area contributed by atoms with Crippen molar-refractivity contribution in [3.8, 4) is 0 Å². The number of rotatable bonds is 3. The standard InChI is InChI=1S/C15H15N3S/c1-10-3-2-4-11(7-10)15(18-16)12-8-14-13(17-9-12)5-6-19-14/h2-9,15,18H,16H2,1H3. The summed E-state index contributed by atoms with van der Waals surface area (Å²) in [4.78, 5) is 4.47. The largest absolute Gasteiger partial charge is 0.271 e. The quantitative estimate of drug-likeness (QED) is 0.567. The smallest absolute Gasteiger partial charge is 0.0809 e. The van der Waals surface area contributed by atoms with Crippen LogP contribution in [0.15, 0.2) is 48.0 Å². The van der Waals surface area contributed by atoms with Crippen molar-refractivity contribution in [2.75, 3.05) is 0 Å². The summed E-state index contributed by atoms with van der Waals surface area (Å²) in [6, 6.07) is 12.5. The second-order valence-electron chi connectivity index (χ2n) is 4.59. The molecule has 0 spiro atoms. The number of aryl methyl sites for hydroxylation is 1. The molecule has 4 heteroatoms. The van der Waals surface area contributed by atoms with Crippen molar-refractivity contribution in [2.45, 2.75) is 13.0 Å². The maximum absolute atomic E-state index is 5.73. The average Bonchev–Trinajstić information content (AvgIpc) is 2.87. The molecule has 0 bridgehead atoms. The van der Waals surface area contributed by atoms with Crippen LogP contribution in [0.25, 0.3) is 10.2 Å². The molecular weight excluding hydrogens is 254 g/mol. The van der Waals surface area contributed by atoms with E-state index in [9.17, 15) is 0 Å². The Morgan fingerprint density at radius 3 is 2.89 bits per heavy atom. The number of benzene rings is 1. The fourth-order valence-corrected chi connectivity index (χ4v) is 3.04. The number of fused-ring (bicyclic) bond motifs is 1. The van der Waals surface area contributed by atoms with E-state index in [-0.39, 0.29) is 6.04 Å². The highest BCUT2D eigenvalue weighted by molar-refractivity contribution is 7.17. The number of nitrogens with zero attached hydrogens (tertiary/aromatic N) is 1. The van der Waals surface area contributed by atoms with E-state index in [0.717, 1.165) is 16.6 Å². The Labute approximate surface area is 116 Å². The number of hydrogen-bond donors (Lipinski definition) is 2. The molecule has 0 aliphatic heterocycles. The summed E-state index contributed by atoms with van der Waals surface area (Å²) in [6.07, 6.45) is 1.89. The third kappa shape index (κ3) is 2.38. The van der Waals surface area contributed by atoms with Crippen molar-refractivity contribution in [3.63, 3.8) is 0 Å². The first-order valence-electron chi connectivity index (χ1n) is 6.14. The van der Waals surface area contributed by atoms with Gasteiger partial charge in [-0.1, -0.05) is 29.8 Å². The van der Waals surface area contributed by atoms with Gasteiger partial charge in [-0.2, -0.15) is 0 Å². The lowest BCUT2D eigenvalue weighted by atomic mass is 9.99. The summed E-state index contributed by atoms with van der Waals surface area (Å²) in [5, 5.41) is 2.05. The molecule has 19 heavy (non-hydrogen) atoms. The number of hydrogen-bond acceptors (Lipinski definition) is 4. The topological polar surface area (TPSA) is 50.9 Å². The van der Waals surface area contributed by atoms with Gasteiger partial charge in [0.1, 0.15) is 0 Å². The van der Waals surface area contributed by atoms with Gasteiger partial charge in [0.2, 0.25) is 0 Å². The van der Waals surface area contributed by atoms with Gasteiger partial charge in [-0.25, -0.2) is 5.43 Å². The van der Waals surface area contributed by atoms with Crippen LogP contribution in [0.3, 0.4) is 0 Å². The van der Waals surface area contributed by atoms with Crippen molar-refractivity contribution in [1.82, 2.24) is 10.4 Å². The lowest BCUT2D eigenvalue weighted by Gasteiger charge is -2.17. The normalized spacial score (nSPS) is 12.7. The number of hydrazine groups is 1. The minimum atomic E-state index is -0.0288. The van der Waals surface area contributed by atoms with Gasteiger partial charge in [0.25, 0.3) is 0 Å². The Kier molecular flexibility index (Phi) is 3.29. The number of nitrogens with two attached hydrogens (primary N) is 1. The molecule has 0 saturated carbocycles. The maximum atomic E-state index is 5.73. The van der Waals surface area contributed by atoms with Gasteiger partial charge in [-0.3, -0.25) is 10.8 Å². The van der Waals surface area contributed by atoms with E-state index in [4.69, 9.17) is 5.84 Å². The van der Waals surface area contributed by atoms with E-state index < -0.39 is 0 Å². The van der Waals surface area contributed by atoms with Gasteiger partial charge in [0.15, 0.2) is 0 Å². The summed E-state index contributed by atoms with van der Waals surface area (Å²) in [6.45, 7) is 2.08. The van der Waals surface area contributed by atoms with E-state index in [1.807, 2.05) is 18.3 Å². The molecule has 3 aromatic rings. The third-order valence-electron chi connectivity index (χ3n) is 3.20. The van der Waals surface area contributed by atoms with E-state index in [1.165, 1.54) is 10.3 Å². The molecule has 2 aromatic heterocycles. The van der Waals surface area contributed by atoms with Crippen LogP contribution in [0, 0.1) is 6.92 Å². The molecular formula is C15H15N3S. The van der Waals surface area contributed by atoms with E-state index in [0.29, 0.717) is 0 Å². The van der Waals surface area contributed by atoms with Gasteiger partial charge >= 0.3 is 0 Å². The molecule has 96 valence electrons. The van der Waals surface area contributed by atoms with Crippen LogP contribution in [0.4, 0.5) is 0 Å². The molecule has 0 amide bonds. The Morgan fingerprint density at radius 1 is 1.21 bits per heavy atom. The molecule has 3 N–H and O–H groups in total. The second-order valence-corrected chi connectivity index (χ2v) is 5.53. The molecule has 3 nitrogen and oxygen atoms in total. The molecule has 0 aliphatic carbocycles. The van der Waals surface area contributed by atoms with E-state index in [2.05, 4.69) is 47.0 Å². The van der Waals surface area contributed by atoms with E-state index >= 15 is 0 Å². The average molecular weight is 269 g/mol. The minimum absolute atomic E-state index is 0.0288. The SMILES string of the molecule is Cc1cccc(C(NN)c2cnc3ccsc3c2)c1. The third-order valence-corrected chi connectivity index (χ3v) is 4.05. The highest BCUT2D eigenvalue weighted by Gasteiger charge is 2.13. The molecule has 0 aliphatic rings. The fourth-order valence-electron chi connectivity index (χ4n) is 2.25. The fraction of sp³-hybridized carbons (Fsp3) is 0.133. The molecule has 1 aromatic carbocycles. The number of aromatic nitrogens is 1. The van der Waals surface area contributed by atoms with Crippen LogP contribution < -0.4 is 11.3 Å². The van der Waals surface area contributed by atoms with Gasteiger partial charge in [-0.05, 0) is 35.6 Å². The Balaban J connectivity index is 2.06. The molecule has 0 saturated heterocycles.